The molecule has 7 nitrogen and oxygen atoms in total. The summed E-state index contributed by atoms with van der Waals surface area (Å²) < 4.78 is 10.7. The van der Waals surface area contributed by atoms with Gasteiger partial charge in [0.15, 0.2) is 11.5 Å². The number of rotatable bonds is 2. The average molecular weight is 298 g/mol. The number of nitrogens with zero attached hydrogens (tertiary/aromatic N) is 3. The van der Waals surface area contributed by atoms with Crippen LogP contribution in [0.4, 0.5) is 5.95 Å². The molecule has 3 heterocycles. The SMILES string of the molecule is C[C@@H](c1ccc2c(c1)OCO2)N1Cc2nc(N)ncc2C1=O. The third-order valence-electron chi connectivity index (χ3n) is 4.04. The smallest absolute Gasteiger partial charge is 0.258 e. The van der Waals surface area contributed by atoms with Crippen LogP contribution >= 0.6 is 0 Å². The minimum absolute atomic E-state index is 0.0832. The minimum Gasteiger partial charge on any atom is -0.454 e. The third-order valence-corrected chi connectivity index (χ3v) is 4.04. The number of fused-ring (bicyclic) bond motifs is 2. The first-order valence-electron chi connectivity index (χ1n) is 6.95. The van der Waals surface area contributed by atoms with Crippen molar-refractivity contribution in [2.45, 2.75) is 19.5 Å². The highest BCUT2D eigenvalue weighted by molar-refractivity contribution is 5.97. The molecule has 2 aliphatic heterocycles. The quantitative estimate of drug-likeness (QED) is 0.903. The molecular formula is C15H14N4O3. The van der Waals surface area contributed by atoms with Crippen LogP contribution in [0.15, 0.2) is 24.4 Å². The summed E-state index contributed by atoms with van der Waals surface area (Å²) in [6, 6.07) is 5.59. The lowest BCUT2D eigenvalue weighted by Gasteiger charge is -2.24. The van der Waals surface area contributed by atoms with Crippen LogP contribution in [0.1, 0.15) is 34.6 Å². The zero-order chi connectivity index (χ0) is 15.3. The number of benzene rings is 1. The molecule has 2 aliphatic rings. The van der Waals surface area contributed by atoms with Crippen LogP contribution in [-0.2, 0) is 6.54 Å². The van der Waals surface area contributed by atoms with Crippen molar-refractivity contribution in [2.75, 3.05) is 12.5 Å². The zero-order valence-corrected chi connectivity index (χ0v) is 11.9. The van der Waals surface area contributed by atoms with Crippen LogP contribution < -0.4 is 15.2 Å². The summed E-state index contributed by atoms with van der Waals surface area (Å²) in [6.45, 7) is 2.63. The highest BCUT2D eigenvalue weighted by Gasteiger charge is 2.33. The third kappa shape index (κ3) is 1.86. The highest BCUT2D eigenvalue weighted by Crippen LogP contribution is 2.37. The van der Waals surface area contributed by atoms with Crippen LogP contribution in [0.25, 0.3) is 0 Å². The standard InChI is InChI=1S/C15H14N4O3/c1-8(9-2-3-12-13(4-9)22-7-21-12)19-6-11-10(14(19)20)5-17-15(16)18-11/h2-5,8H,6-7H2,1H3,(H2,16,17,18)/t8-/m0/s1. The van der Waals surface area contributed by atoms with Crippen molar-refractivity contribution in [3.05, 3.63) is 41.2 Å². The van der Waals surface area contributed by atoms with Crippen LogP contribution in [0.3, 0.4) is 0 Å². The van der Waals surface area contributed by atoms with E-state index in [1.54, 1.807) is 4.90 Å². The van der Waals surface area contributed by atoms with Gasteiger partial charge in [0.05, 0.1) is 23.8 Å². The number of carbonyl (C=O) groups is 1. The number of anilines is 1. The molecule has 0 unspecified atom stereocenters. The van der Waals surface area contributed by atoms with Gasteiger partial charge in [-0.15, -0.1) is 0 Å². The van der Waals surface area contributed by atoms with Crippen LogP contribution in [0.2, 0.25) is 0 Å². The zero-order valence-electron chi connectivity index (χ0n) is 11.9. The molecular weight excluding hydrogens is 284 g/mol. The number of nitrogens with two attached hydrogens (primary N) is 1. The molecule has 0 aliphatic carbocycles. The van der Waals surface area contributed by atoms with E-state index >= 15 is 0 Å². The summed E-state index contributed by atoms with van der Waals surface area (Å²) in [7, 11) is 0. The van der Waals surface area contributed by atoms with Crippen molar-refractivity contribution in [3.63, 3.8) is 0 Å². The molecule has 22 heavy (non-hydrogen) atoms. The molecule has 2 aromatic rings. The van der Waals surface area contributed by atoms with Gasteiger partial charge in [0.1, 0.15) is 0 Å². The number of hydrogen-bond donors (Lipinski definition) is 1. The van der Waals surface area contributed by atoms with Gasteiger partial charge in [0.25, 0.3) is 5.91 Å². The van der Waals surface area contributed by atoms with Gasteiger partial charge in [-0.2, -0.15) is 0 Å². The molecule has 0 saturated carbocycles. The van der Waals surface area contributed by atoms with Crippen molar-refractivity contribution in [3.8, 4) is 11.5 Å². The predicted molar refractivity (Wildman–Crippen MR) is 77.3 cm³/mol. The van der Waals surface area contributed by atoms with Crippen molar-refractivity contribution < 1.29 is 14.3 Å². The molecule has 0 saturated heterocycles. The summed E-state index contributed by atoms with van der Waals surface area (Å²) in [5.41, 5.74) is 7.75. The van der Waals surface area contributed by atoms with Gasteiger partial charge in [0.2, 0.25) is 12.7 Å². The van der Waals surface area contributed by atoms with Crippen LogP contribution in [0.5, 0.6) is 11.5 Å². The largest absolute Gasteiger partial charge is 0.454 e. The molecule has 0 bridgehead atoms. The van der Waals surface area contributed by atoms with Gasteiger partial charge in [0, 0.05) is 6.20 Å². The Balaban J connectivity index is 1.64. The molecule has 2 N–H and O–H groups in total. The van der Waals surface area contributed by atoms with Gasteiger partial charge >= 0.3 is 0 Å². The summed E-state index contributed by atoms with van der Waals surface area (Å²) >= 11 is 0. The lowest BCUT2D eigenvalue weighted by Crippen LogP contribution is -2.27. The van der Waals surface area contributed by atoms with Crippen molar-refractivity contribution in [2.24, 2.45) is 0 Å². The second kappa shape index (κ2) is 4.59. The minimum atomic E-state index is -0.113. The molecule has 1 aromatic heterocycles. The Hall–Kier alpha value is -2.83. The fourth-order valence-electron chi connectivity index (χ4n) is 2.79. The lowest BCUT2D eigenvalue weighted by atomic mass is 10.1. The van der Waals surface area contributed by atoms with E-state index in [0.717, 1.165) is 11.3 Å². The van der Waals surface area contributed by atoms with E-state index < -0.39 is 0 Å². The highest BCUT2D eigenvalue weighted by atomic mass is 16.7. The molecule has 1 aromatic carbocycles. The molecule has 4 rings (SSSR count). The average Bonchev–Trinajstić information content (AvgIpc) is 3.10. The lowest BCUT2D eigenvalue weighted by molar-refractivity contribution is 0.0715. The summed E-state index contributed by atoms with van der Waals surface area (Å²) in [5.74, 6) is 1.53. The van der Waals surface area contributed by atoms with E-state index in [1.807, 2.05) is 25.1 Å². The second-order valence-corrected chi connectivity index (χ2v) is 5.31. The number of aromatic nitrogens is 2. The maximum Gasteiger partial charge on any atom is 0.258 e. The Labute approximate surface area is 126 Å². The first-order valence-corrected chi connectivity index (χ1v) is 6.95. The van der Waals surface area contributed by atoms with E-state index in [-0.39, 0.29) is 24.7 Å². The molecule has 1 amide bonds. The Bertz CT molecular complexity index is 777. The van der Waals surface area contributed by atoms with E-state index in [2.05, 4.69) is 9.97 Å². The maximum absolute atomic E-state index is 12.5. The molecule has 0 spiro atoms. The number of hydrogen-bond acceptors (Lipinski definition) is 6. The second-order valence-electron chi connectivity index (χ2n) is 5.31. The van der Waals surface area contributed by atoms with E-state index in [4.69, 9.17) is 15.2 Å². The first-order chi connectivity index (χ1) is 10.6. The van der Waals surface area contributed by atoms with Crippen molar-refractivity contribution >= 4 is 11.9 Å². The van der Waals surface area contributed by atoms with Crippen molar-refractivity contribution in [1.29, 1.82) is 0 Å². The predicted octanol–water partition coefficient (Wildman–Crippen LogP) is 1.50. The normalized spacial score (nSPS) is 16.8. The Morgan fingerprint density at radius 2 is 2.14 bits per heavy atom. The monoisotopic (exact) mass is 298 g/mol. The maximum atomic E-state index is 12.5. The Morgan fingerprint density at radius 3 is 3.00 bits per heavy atom. The van der Waals surface area contributed by atoms with E-state index in [0.29, 0.717) is 23.6 Å². The Morgan fingerprint density at radius 1 is 1.32 bits per heavy atom. The molecule has 0 radical (unpaired) electrons. The van der Waals surface area contributed by atoms with Crippen molar-refractivity contribution in [1.82, 2.24) is 14.9 Å². The molecule has 1 atom stereocenters. The van der Waals surface area contributed by atoms with Gasteiger partial charge in [-0.3, -0.25) is 4.79 Å². The topological polar surface area (TPSA) is 90.6 Å². The number of amides is 1. The van der Waals surface area contributed by atoms with Gasteiger partial charge in [-0.05, 0) is 24.6 Å². The first kappa shape index (κ1) is 12.9. The van der Waals surface area contributed by atoms with Crippen LogP contribution in [0, 0.1) is 0 Å². The van der Waals surface area contributed by atoms with Gasteiger partial charge in [-0.1, -0.05) is 6.07 Å². The fourth-order valence-corrected chi connectivity index (χ4v) is 2.79. The van der Waals surface area contributed by atoms with Crippen LogP contribution in [-0.4, -0.2) is 27.6 Å². The summed E-state index contributed by atoms with van der Waals surface area (Å²) in [5, 5.41) is 0. The summed E-state index contributed by atoms with van der Waals surface area (Å²) in [4.78, 5) is 22.3. The molecule has 7 heteroatoms. The summed E-state index contributed by atoms with van der Waals surface area (Å²) in [6.07, 6.45) is 1.49. The van der Waals surface area contributed by atoms with E-state index in [1.165, 1.54) is 6.20 Å². The number of carbonyl (C=O) groups excluding carboxylic acids is 1. The molecule has 112 valence electrons. The fraction of sp³-hybridized carbons (Fsp3) is 0.267. The van der Waals surface area contributed by atoms with Gasteiger partial charge in [-0.25, -0.2) is 9.97 Å². The van der Waals surface area contributed by atoms with E-state index in [9.17, 15) is 4.79 Å². The Kier molecular flexibility index (Phi) is 2.69. The molecule has 0 fully saturated rings. The number of nitrogen functional groups attached to an aromatic ring is 1. The number of ether oxygens (including phenoxy) is 2. The van der Waals surface area contributed by atoms with Gasteiger partial charge < -0.3 is 20.1 Å².